The highest BCUT2D eigenvalue weighted by atomic mass is 35.5. The van der Waals surface area contributed by atoms with Crippen LogP contribution in [0.2, 0.25) is 0 Å². The van der Waals surface area contributed by atoms with Gasteiger partial charge in [-0.2, -0.15) is 0 Å². The Morgan fingerprint density at radius 2 is 1.88 bits per heavy atom. The van der Waals surface area contributed by atoms with Crippen molar-refractivity contribution >= 4 is 17.5 Å². The fourth-order valence-electron chi connectivity index (χ4n) is 2.57. The molecule has 100 valence electrons. The summed E-state index contributed by atoms with van der Waals surface area (Å²) in [6.07, 6.45) is 5.44. The first kappa shape index (κ1) is 14.8. The van der Waals surface area contributed by atoms with Crippen LogP contribution in [0.4, 0.5) is 0 Å². The maximum Gasteiger partial charge on any atom is 0.223 e. The Hall–Kier alpha value is -0.240. The predicted molar refractivity (Wildman–Crippen MR) is 73.2 cm³/mol. The summed E-state index contributed by atoms with van der Waals surface area (Å²) in [7, 11) is 0. The molecule has 0 spiro atoms. The van der Waals surface area contributed by atoms with E-state index in [9.17, 15) is 4.79 Å². The molecule has 1 fully saturated rings. The molecule has 1 saturated carbocycles. The van der Waals surface area contributed by atoms with Gasteiger partial charge in [0.2, 0.25) is 5.91 Å². The van der Waals surface area contributed by atoms with Crippen LogP contribution in [0.1, 0.15) is 52.9 Å². The van der Waals surface area contributed by atoms with Crippen molar-refractivity contribution in [3.8, 4) is 0 Å². The van der Waals surface area contributed by atoms with E-state index in [1.54, 1.807) is 0 Å². The van der Waals surface area contributed by atoms with Gasteiger partial charge >= 0.3 is 0 Å². The Labute approximate surface area is 110 Å². The second-order valence-electron chi connectivity index (χ2n) is 5.95. The van der Waals surface area contributed by atoms with Gasteiger partial charge in [0.25, 0.3) is 0 Å². The second-order valence-corrected chi connectivity index (χ2v) is 6.25. The fourth-order valence-corrected chi connectivity index (χ4v) is 2.77. The molecule has 1 atom stereocenters. The smallest absolute Gasteiger partial charge is 0.223 e. The normalized spacial score (nSPS) is 26.9. The number of halogens is 1. The number of alkyl halides is 1. The topological polar surface area (TPSA) is 29.1 Å². The van der Waals surface area contributed by atoms with Gasteiger partial charge in [0, 0.05) is 17.8 Å². The van der Waals surface area contributed by atoms with Crippen LogP contribution in [0.3, 0.4) is 0 Å². The van der Waals surface area contributed by atoms with Crippen molar-refractivity contribution in [1.29, 1.82) is 0 Å². The highest BCUT2D eigenvalue weighted by Crippen LogP contribution is 2.28. The van der Waals surface area contributed by atoms with E-state index < -0.39 is 0 Å². The van der Waals surface area contributed by atoms with Gasteiger partial charge in [-0.05, 0) is 43.9 Å². The lowest BCUT2D eigenvalue weighted by Gasteiger charge is -2.27. The van der Waals surface area contributed by atoms with Crippen molar-refractivity contribution in [3.63, 3.8) is 0 Å². The first-order chi connectivity index (χ1) is 8.02. The van der Waals surface area contributed by atoms with Gasteiger partial charge in [0.1, 0.15) is 0 Å². The van der Waals surface area contributed by atoms with Crippen LogP contribution >= 0.6 is 11.6 Å². The monoisotopic (exact) mass is 259 g/mol. The zero-order valence-corrected chi connectivity index (χ0v) is 12.1. The molecule has 0 aromatic heterocycles. The van der Waals surface area contributed by atoms with Crippen molar-refractivity contribution in [3.05, 3.63) is 0 Å². The Morgan fingerprint density at radius 3 is 2.35 bits per heavy atom. The fraction of sp³-hybridized carbons (Fsp3) is 0.929. The van der Waals surface area contributed by atoms with E-state index in [1.807, 2.05) is 0 Å². The van der Waals surface area contributed by atoms with Gasteiger partial charge in [0.05, 0.1) is 0 Å². The number of rotatable bonds is 5. The molecule has 1 aliphatic rings. The lowest BCUT2D eigenvalue weighted by molar-refractivity contribution is -0.126. The van der Waals surface area contributed by atoms with Gasteiger partial charge in [-0.15, -0.1) is 11.6 Å². The number of amides is 1. The van der Waals surface area contributed by atoms with Crippen molar-refractivity contribution in [2.24, 2.45) is 17.8 Å². The molecule has 0 saturated heterocycles. The quantitative estimate of drug-likeness (QED) is 0.752. The standard InChI is InChI=1S/C14H26ClNO/c1-10(2)8-13(9-15)16-14(17)12-6-4-11(3)5-7-12/h10-13H,4-9H2,1-3H3,(H,16,17). The van der Waals surface area contributed by atoms with Crippen molar-refractivity contribution < 1.29 is 4.79 Å². The minimum Gasteiger partial charge on any atom is -0.352 e. The first-order valence-electron chi connectivity index (χ1n) is 6.89. The summed E-state index contributed by atoms with van der Waals surface area (Å²) in [6, 6.07) is 0.142. The molecule has 0 aromatic carbocycles. The van der Waals surface area contributed by atoms with E-state index in [-0.39, 0.29) is 17.9 Å². The third-order valence-electron chi connectivity index (χ3n) is 3.68. The van der Waals surface area contributed by atoms with E-state index in [0.29, 0.717) is 11.8 Å². The van der Waals surface area contributed by atoms with Crippen molar-refractivity contribution in [2.75, 3.05) is 5.88 Å². The van der Waals surface area contributed by atoms with Crippen LogP contribution in [0, 0.1) is 17.8 Å². The summed E-state index contributed by atoms with van der Waals surface area (Å²) >= 11 is 5.90. The Bertz CT molecular complexity index is 234. The van der Waals surface area contributed by atoms with E-state index in [2.05, 4.69) is 26.1 Å². The van der Waals surface area contributed by atoms with E-state index >= 15 is 0 Å². The number of carbonyl (C=O) groups is 1. The molecule has 2 nitrogen and oxygen atoms in total. The molecule has 1 unspecified atom stereocenters. The minimum atomic E-state index is 0.142. The number of hydrogen-bond acceptors (Lipinski definition) is 1. The van der Waals surface area contributed by atoms with Crippen molar-refractivity contribution in [2.45, 2.75) is 58.9 Å². The zero-order valence-electron chi connectivity index (χ0n) is 11.3. The summed E-state index contributed by atoms with van der Waals surface area (Å²) in [4.78, 5) is 12.1. The minimum absolute atomic E-state index is 0.142. The summed E-state index contributed by atoms with van der Waals surface area (Å²) < 4.78 is 0. The lowest BCUT2D eigenvalue weighted by Crippen LogP contribution is -2.41. The molecule has 1 amide bonds. The van der Waals surface area contributed by atoms with Gasteiger partial charge < -0.3 is 5.32 Å². The maximum atomic E-state index is 12.1. The Morgan fingerprint density at radius 1 is 1.29 bits per heavy atom. The zero-order chi connectivity index (χ0) is 12.8. The maximum absolute atomic E-state index is 12.1. The molecule has 0 bridgehead atoms. The average Bonchev–Trinajstić information content (AvgIpc) is 2.28. The molecule has 1 N–H and O–H groups in total. The molecule has 1 aliphatic carbocycles. The second kappa shape index (κ2) is 7.25. The Balaban J connectivity index is 2.36. The molecule has 0 heterocycles. The summed E-state index contributed by atoms with van der Waals surface area (Å²) in [5.41, 5.74) is 0. The molecule has 3 heteroatoms. The SMILES string of the molecule is CC(C)CC(CCl)NC(=O)C1CCC(C)CC1. The largest absolute Gasteiger partial charge is 0.352 e. The summed E-state index contributed by atoms with van der Waals surface area (Å²) in [5, 5.41) is 3.11. The average molecular weight is 260 g/mol. The Kier molecular flexibility index (Phi) is 6.32. The van der Waals surface area contributed by atoms with Crippen LogP contribution in [-0.4, -0.2) is 17.8 Å². The van der Waals surface area contributed by atoms with Gasteiger partial charge in [-0.25, -0.2) is 0 Å². The predicted octanol–water partition coefficient (Wildman–Crippen LogP) is 3.58. The van der Waals surface area contributed by atoms with Crippen molar-refractivity contribution in [1.82, 2.24) is 5.32 Å². The molecule has 0 aliphatic heterocycles. The van der Waals surface area contributed by atoms with E-state index in [1.165, 1.54) is 12.8 Å². The molecule has 1 rings (SSSR count). The van der Waals surface area contributed by atoms with Crippen LogP contribution in [-0.2, 0) is 4.79 Å². The highest BCUT2D eigenvalue weighted by Gasteiger charge is 2.25. The summed E-state index contributed by atoms with van der Waals surface area (Å²) in [6.45, 7) is 6.59. The van der Waals surface area contributed by atoms with E-state index in [4.69, 9.17) is 11.6 Å². The third kappa shape index (κ3) is 5.29. The molecular formula is C14H26ClNO. The van der Waals surface area contributed by atoms with Crippen LogP contribution in [0.15, 0.2) is 0 Å². The van der Waals surface area contributed by atoms with Gasteiger partial charge in [0.15, 0.2) is 0 Å². The number of nitrogens with one attached hydrogen (secondary N) is 1. The van der Waals surface area contributed by atoms with E-state index in [0.717, 1.165) is 25.2 Å². The van der Waals surface area contributed by atoms with Gasteiger partial charge in [-0.3, -0.25) is 4.79 Å². The van der Waals surface area contributed by atoms with Gasteiger partial charge in [-0.1, -0.05) is 20.8 Å². The lowest BCUT2D eigenvalue weighted by atomic mass is 9.82. The highest BCUT2D eigenvalue weighted by molar-refractivity contribution is 6.18. The van der Waals surface area contributed by atoms with Crippen LogP contribution in [0.25, 0.3) is 0 Å². The number of hydrogen-bond donors (Lipinski definition) is 1. The summed E-state index contributed by atoms with van der Waals surface area (Å²) in [5.74, 6) is 2.34. The molecule has 17 heavy (non-hydrogen) atoms. The van der Waals surface area contributed by atoms with Crippen LogP contribution in [0.5, 0.6) is 0 Å². The molecule has 0 radical (unpaired) electrons. The first-order valence-corrected chi connectivity index (χ1v) is 7.42. The molecular weight excluding hydrogens is 234 g/mol. The number of carbonyl (C=O) groups excluding carboxylic acids is 1. The molecule has 0 aromatic rings. The third-order valence-corrected chi connectivity index (χ3v) is 4.05. The van der Waals surface area contributed by atoms with Crippen LogP contribution < -0.4 is 5.32 Å².